The lowest BCUT2D eigenvalue weighted by Crippen LogP contribution is -2.08. The van der Waals surface area contributed by atoms with Crippen LogP contribution in [0.1, 0.15) is 50.7 Å². The lowest BCUT2D eigenvalue weighted by molar-refractivity contribution is 0.669. The summed E-state index contributed by atoms with van der Waals surface area (Å²) in [5, 5.41) is 14.4. The zero-order valence-corrected chi connectivity index (χ0v) is 19.6. The van der Waals surface area contributed by atoms with E-state index in [-0.39, 0.29) is 0 Å². The molecule has 0 bridgehead atoms. The van der Waals surface area contributed by atoms with Crippen LogP contribution >= 0.6 is 0 Å². The Morgan fingerprint density at radius 2 is 1.50 bits per heavy atom. The molecule has 34 heavy (non-hydrogen) atoms. The van der Waals surface area contributed by atoms with E-state index in [9.17, 15) is 0 Å². The lowest BCUT2D eigenvalue weighted by Gasteiger charge is -2.22. The fourth-order valence-corrected chi connectivity index (χ4v) is 4.86. The van der Waals surface area contributed by atoms with Crippen molar-refractivity contribution in [3.63, 3.8) is 0 Å². The summed E-state index contributed by atoms with van der Waals surface area (Å²) in [6, 6.07) is 20.9. The van der Waals surface area contributed by atoms with Crippen LogP contribution in [-0.4, -0.2) is 25.0 Å². The second-order valence-corrected chi connectivity index (χ2v) is 9.29. The van der Waals surface area contributed by atoms with Crippen molar-refractivity contribution in [2.45, 2.75) is 39.5 Å². The summed E-state index contributed by atoms with van der Waals surface area (Å²) < 4.78 is 8.57. The molecular weight excluding hydrogens is 422 g/mol. The average molecular weight is 448 g/mol. The number of nitrogens with zero attached hydrogens (tertiary/aromatic N) is 5. The molecule has 0 atom stereocenters. The van der Waals surface area contributed by atoms with Crippen LogP contribution in [0.3, 0.4) is 0 Å². The summed E-state index contributed by atoms with van der Waals surface area (Å²) in [7, 11) is 0. The van der Waals surface area contributed by atoms with Crippen LogP contribution in [0.15, 0.2) is 71.3 Å². The van der Waals surface area contributed by atoms with E-state index in [0.717, 1.165) is 44.5 Å². The van der Waals surface area contributed by atoms with E-state index in [1.807, 2.05) is 18.2 Å². The second kappa shape index (κ2) is 7.76. The lowest BCUT2D eigenvalue weighted by atomic mass is 9.92. The molecule has 3 aromatic carbocycles. The minimum absolute atomic E-state index is 0.323. The van der Waals surface area contributed by atoms with Crippen LogP contribution < -0.4 is 0 Å². The Morgan fingerprint density at radius 1 is 0.794 bits per heavy atom. The third kappa shape index (κ3) is 3.02. The number of benzene rings is 3. The minimum atomic E-state index is 0.323. The monoisotopic (exact) mass is 447 g/mol. The molecule has 6 heteroatoms. The molecule has 6 aromatic rings. The SMILES string of the molecule is CC(C)c1cccc(C(C)C)c1-n1c(-c2cccc3c2oc2ccccc23)nc2nnncc21. The van der Waals surface area contributed by atoms with Gasteiger partial charge in [0.15, 0.2) is 5.82 Å². The van der Waals surface area contributed by atoms with E-state index < -0.39 is 0 Å². The Labute approximate surface area is 197 Å². The Balaban J connectivity index is 1.77. The molecule has 0 saturated heterocycles. The molecule has 6 rings (SSSR count). The van der Waals surface area contributed by atoms with Crippen molar-refractivity contribution in [2.24, 2.45) is 0 Å². The van der Waals surface area contributed by atoms with Crippen LogP contribution in [0.5, 0.6) is 0 Å². The normalized spacial score (nSPS) is 12.1. The van der Waals surface area contributed by atoms with Gasteiger partial charge in [-0.15, -0.1) is 10.2 Å². The molecule has 0 aliphatic carbocycles. The summed E-state index contributed by atoms with van der Waals surface area (Å²) in [5.74, 6) is 1.42. The maximum Gasteiger partial charge on any atom is 0.204 e. The molecule has 0 saturated carbocycles. The van der Waals surface area contributed by atoms with Gasteiger partial charge in [-0.2, -0.15) is 0 Å². The maximum absolute atomic E-state index is 6.38. The molecule has 0 aliphatic heterocycles. The number of fused-ring (bicyclic) bond motifs is 4. The van der Waals surface area contributed by atoms with Gasteiger partial charge in [-0.1, -0.05) is 76.2 Å². The van der Waals surface area contributed by atoms with Gasteiger partial charge in [0.2, 0.25) is 5.65 Å². The first kappa shape index (κ1) is 20.5. The standard InChI is InChI=1S/C28H25N5O/c1-16(2)18-10-7-11-19(17(3)4)25(18)33-23-15-29-32-31-27(23)30-28(33)22-13-8-12-21-20-9-5-6-14-24(20)34-26(21)22/h5-17H,1-4H3. The van der Waals surface area contributed by atoms with Crippen molar-refractivity contribution < 1.29 is 4.42 Å². The van der Waals surface area contributed by atoms with E-state index in [1.54, 1.807) is 6.20 Å². The number of furan rings is 1. The Morgan fingerprint density at radius 3 is 2.26 bits per heavy atom. The highest BCUT2D eigenvalue weighted by Crippen LogP contribution is 2.40. The highest BCUT2D eigenvalue weighted by molar-refractivity contribution is 6.09. The van der Waals surface area contributed by atoms with Crippen molar-refractivity contribution in [3.8, 4) is 17.1 Å². The molecule has 0 spiro atoms. The van der Waals surface area contributed by atoms with Crippen molar-refractivity contribution >= 4 is 33.1 Å². The fraction of sp³-hybridized carbons (Fsp3) is 0.214. The van der Waals surface area contributed by atoms with Crippen molar-refractivity contribution in [3.05, 3.63) is 78.0 Å². The highest BCUT2D eigenvalue weighted by atomic mass is 16.3. The van der Waals surface area contributed by atoms with Crippen molar-refractivity contribution in [1.29, 1.82) is 0 Å². The average Bonchev–Trinajstić information content (AvgIpc) is 3.42. The molecule has 168 valence electrons. The van der Waals surface area contributed by atoms with E-state index in [4.69, 9.17) is 9.40 Å². The summed E-state index contributed by atoms with van der Waals surface area (Å²) >= 11 is 0. The maximum atomic E-state index is 6.38. The van der Waals surface area contributed by atoms with Crippen molar-refractivity contribution in [1.82, 2.24) is 25.0 Å². The van der Waals surface area contributed by atoms with E-state index >= 15 is 0 Å². The first-order chi connectivity index (χ1) is 16.5. The fourth-order valence-electron chi connectivity index (χ4n) is 4.86. The van der Waals surface area contributed by atoms with Crippen LogP contribution in [0.4, 0.5) is 0 Å². The van der Waals surface area contributed by atoms with Gasteiger partial charge in [0.1, 0.15) is 16.7 Å². The molecular formula is C28H25N5O. The van der Waals surface area contributed by atoms with Crippen molar-refractivity contribution in [2.75, 3.05) is 0 Å². The molecule has 0 aliphatic rings. The molecule has 3 heterocycles. The molecule has 0 radical (unpaired) electrons. The van der Waals surface area contributed by atoms with Gasteiger partial charge < -0.3 is 4.42 Å². The van der Waals surface area contributed by atoms with E-state index in [2.05, 4.69) is 90.1 Å². The highest BCUT2D eigenvalue weighted by Gasteiger charge is 2.24. The van der Waals surface area contributed by atoms with Gasteiger partial charge in [0.05, 0.1) is 17.4 Å². The number of aromatic nitrogens is 5. The molecule has 6 nitrogen and oxygen atoms in total. The molecule has 0 N–H and O–H groups in total. The van der Waals surface area contributed by atoms with E-state index in [0.29, 0.717) is 17.5 Å². The number of imidazole rings is 1. The van der Waals surface area contributed by atoms with Crippen LogP contribution in [0, 0.1) is 0 Å². The minimum Gasteiger partial charge on any atom is -0.455 e. The topological polar surface area (TPSA) is 69.6 Å². The predicted octanol–water partition coefficient (Wildman–Crippen LogP) is 7.02. The number of para-hydroxylation sites is 3. The van der Waals surface area contributed by atoms with Crippen LogP contribution in [0.25, 0.3) is 50.2 Å². The zero-order valence-electron chi connectivity index (χ0n) is 19.6. The van der Waals surface area contributed by atoms with Crippen LogP contribution in [0.2, 0.25) is 0 Å². The summed E-state index contributed by atoms with van der Waals surface area (Å²) in [4.78, 5) is 4.97. The van der Waals surface area contributed by atoms with Gasteiger partial charge in [-0.05, 0) is 40.3 Å². The summed E-state index contributed by atoms with van der Waals surface area (Å²) in [6.45, 7) is 8.89. The van der Waals surface area contributed by atoms with Gasteiger partial charge in [-0.3, -0.25) is 4.57 Å². The van der Waals surface area contributed by atoms with Crippen LogP contribution in [-0.2, 0) is 0 Å². The first-order valence-electron chi connectivity index (χ1n) is 11.6. The molecule has 0 amide bonds. The smallest absolute Gasteiger partial charge is 0.204 e. The predicted molar refractivity (Wildman–Crippen MR) is 135 cm³/mol. The molecule has 0 unspecified atom stereocenters. The third-order valence-corrected chi connectivity index (χ3v) is 6.48. The Kier molecular flexibility index (Phi) is 4.69. The van der Waals surface area contributed by atoms with Gasteiger partial charge in [0, 0.05) is 10.8 Å². The molecule has 0 fully saturated rings. The Bertz CT molecular complexity index is 1650. The summed E-state index contributed by atoms with van der Waals surface area (Å²) in [6.07, 6.45) is 1.75. The zero-order chi connectivity index (χ0) is 23.4. The third-order valence-electron chi connectivity index (χ3n) is 6.48. The second-order valence-electron chi connectivity index (χ2n) is 9.29. The number of rotatable bonds is 4. The van der Waals surface area contributed by atoms with Gasteiger partial charge >= 0.3 is 0 Å². The van der Waals surface area contributed by atoms with E-state index in [1.165, 1.54) is 11.1 Å². The first-order valence-corrected chi connectivity index (χ1v) is 11.6. The molecule has 3 aromatic heterocycles. The number of hydrogen-bond acceptors (Lipinski definition) is 5. The quantitative estimate of drug-likeness (QED) is 0.290. The van der Waals surface area contributed by atoms with Gasteiger partial charge in [-0.25, -0.2) is 4.98 Å². The largest absolute Gasteiger partial charge is 0.455 e. The summed E-state index contributed by atoms with van der Waals surface area (Å²) in [5.41, 5.74) is 7.61. The Hall–Kier alpha value is -4.06. The van der Waals surface area contributed by atoms with Gasteiger partial charge in [0.25, 0.3) is 0 Å². The number of hydrogen-bond donors (Lipinski definition) is 0.